The monoisotopic (exact) mass is 1410 g/mol. The number of hydrogen-bond acceptors (Lipinski definition) is 37. The largest absolute Gasteiger partial charge is 0.465 e. The Hall–Kier alpha value is -1.98. The molecule has 15 aliphatic rings. The molecule has 89 heavy (non-hydrogen) atoms. The summed E-state index contributed by atoms with van der Waals surface area (Å²) in [6.07, 6.45) is -70.4. The number of aliphatic hydroxyl groups excluding tert-OH is 20. The van der Waals surface area contributed by atoms with Crippen LogP contribution in [0.4, 0.5) is 0 Å². The van der Waals surface area contributed by atoms with E-state index in [4.69, 9.17) is 75.8 Å². The van der Waals surface area contributed by atoms with E-state index in [-0.39, 0.29) is 5.56 Å². The molecular weight excluding hydrogens is 1330 g/mol. The molecule has 15 saturated heterocycles. The lowest BCUT2D eigenvalue weighted by atomic mass is 9.95. The highest BCUT2D eigenvalue weighted by Gasteiger charge is 2.60. The molecule has 37 nitrogen and oxygen atoms in total. The number of methoxy groups -OCH3 is 1. The molecule has 0 spiro atoms. The van der Waals surface area contributed by atoms with Crippen molar-refractivity contribution < 1.29 is 183 Å². The average Bonchev–Trinajstić information content (AvgIpc) is 0.877. The molecule has 35 atom stereocenters. The fourth-order valence-electron chi connectivity index (χ4n) is 11.7. The molecule has 510 valence electrons. The molecule has 15 aliphatic heterocycles. The van der Waals surface area contributed by atoms with Gasteiger partial charge in [0.1, 0.15) is 171 Å². The summed E-state index contributed by atoms with van der Waals surface area (Å²) < 4.78 is 93.0. The van der Waals surface area contributed by atoms with Crippen molar-refractivity contribution in [3.8, 4) is 0 Å². The zero-order valence-electron chi connectivity index (χ0n) is 46.9. The first-order valence-electron chi connectivity index (χ1n) is 28.2. The number of fused-ring (bicyclic) bond motifs is 7. The predicted molar refractivity (Wildman–Crippen MR) is 282 cm³/mol. The van der Waals surface area contributed by atoms with Crippen molar-refractivity contribution in [2.45, 2.75) is 222 Å². The molecule has 16 rings (SSSR count). The topological polar surface area (TPSA) is 569 Å². The number of hydrogen-bond donors (Lipinski definition) is 20. The van der Waals surface area contributed by atoms with Gasteiger partial charge in [-0.15, -0.1) is 0 Å². The Balaban J connectivity index is 1.03. The van der Waals surface area contributed by atoms with Crippen LogP contribution in [0.1, 0.15) is 15.9 Å². The minimum atomic E-state index is -2.24. The van der Waals surface area contributed by atoms with Gasteiger partial charge in [-0.05, 0) is 40.3 Å². The minimum absolute atomic E-state index is 0.172. The summed E-state index contributed by atoms with van der Waals surface area (Å²) in [6.45, 7) is -7.86. The van der Waals surface area contributed by atoms with E-state index in [9.17, 15) is 107 Å². The van der Waals surface area contributed by atoms with Gasteiger partial charge in [0.2, 0.25) is 0 Å². The Bertz CT molecular complexity index is 2400. The van der Waals surface area contributed by atoms with Crippen LogP contribution in [0.5, 0.6) is 0 Å². The zero-order valence-corrected chi connectivity index (χ0v) is 49.0. The summed E-state index contributed by atoms with van der Waals surface area (Å²) in [7, 11) is 1.17. The van der Waals surface area contributed by atoms with Gasteiger partial charge >= 0.3 is 5.97 Å². The van der Waals surface area contributed by atoms with Crippen LogP contribution in [0.3, 0.4) is 0 Å². The van der Waals surface area contributed by atoms with Gasteiger partial charge in [0.25, 0.3) is 0 Å². The molecule has 1 aromatic rings. The summed E-state index contributed by atoms with van der Waals surface area (Å²) in [6, 6.07) is 4.39. The Morgan fingerprint density at radius 3 is 0.831 bits per heavy atom. The first-order valence-corrected chi connectivity index (χ1v) is 29.3. The number of rotatable bonds is 11. The first-order chi connectivity index (χ1) is 42.5. The lowest BCUT2D eigenvalue weighted by Crippen LogP contribution is -2.68. The molecule has 38 heteroatoms. The van der Waals surface area contributed by atoms with E-state index in [2.05, 4.69) is 0 Å². The van der Waals surface area contributed by atoms with Gasteiger partial charge < -0.3 is 178 Å². The number of ether oxygens (including phenoxy) is 16. The van der Waals surface area contributed by atoms with Gasteiger partial charge in [0, 0.05) is 3.57 Å². The summed E-state index contributed by atoms with van der Waals surface area (Å²) in [5, 5.41) is 224. The second kappa shape index (κ2) is 30.8. The van der Waals surface area contributed by atoms with Crippen molar-refractivity contribution in [1.82, 2.24) is 0 Å². The molecule has 0 amide bonds. The highest BCUT2D eigenvalue weighted by atomic mass is 127. The number of carbonyl (C=O) groups excluding carboxylic acids is 1. The van der Waals surface area contributed by atoms with Crippen molar-refractivity contribution in [1.29, 1.82) is 0 Å². The maximum atomic E-state index is 12.4. The van der Waals surface area contributed by atoms with Gasteiger partial charge in [0.05, 0.1) is 65.5 Å². The SMILES string of the molecule is COC(=O)c1ccc(CO[C@H]2[C@H]3O[C@H]4[C@H](O)[C@@H](O)[C@@H](O[C@H]5[C@H](O)[C@@H](O)[C@@H](O[C@H]6[C@H](O)[C@@H](O)[C@@H](O[C@H]7[C@@H](O)[C@H](O)[C@@H](O[C@H]8[C@@H](O)[C@H](O)[C@@H](O[C@H]9[C@@H](O)[C@H](O)[C@@H](O[C@@H]([C@@H]2O)[C@@H](CO)O3)O[C@@H]9CO)O[C@@H]8CO)O[C@@H]7CO)O[C@@H]6CO)O[C@@H]5CO)O[C@@H]4CO)cc1I. The fraction of sp³-hybridized carbons (Fsp3) is 0.863. The van der Waals surface area contributed by atoms with Crippen LogP contribution >= 0.6 is 22.6 Å². The van der Waals surface area contributed by atoms with Crippen LogP contribution in [0.25, 0.3) is 0 Å². The molecule has 14 bridgehead atoms. The van der Waals surface area contributed by atoms with Gasteiger partial charge in [-0.25, -0.2) is 4.79 Å². The highest BCUT2D eigenvalue weighted by Crippen LogP contribution is 2.40. The fourth-order valence-corrected chi connectivity index (χ4v) is 12.5. The summed E-state index contributed by atoms with van der Waals surface area (Å²) >= 11 is 1.86. The van der Waals surface area contributed by atoms with E-state index in [1.807, 2.05) is 22.6 Å². The van der Waals surface area contributed by atoms with E-state index < -0.39 is 274 Å². The number of esters is 1. The quantitative estimate of drug-likeness (QED) is 0.0723. The van der Waals surface area contributed by atoms with E-state index in [1.54, 1.807) is 0 Å². The van der Waals surface area contributed by atoms with Crippen LogP contribution in [-0.2, 0) is 82.4 Å². The molecule has 15 fully saturated rings. The van der Waals surface area contributed by atoms with Crippen LogP contribution in [0.15, 0.2) is 18.2 Å². The van der Waals surface area contributed by atoms with E-state index in [0.717, 1.165) is 0 Å². The van der Waals surface area contributed by atoms with Crippen molar-refractivity contribution in [2.75, 3.05) is 53.4 Å². The molecule has 0 unspecified atom stereocenters. The van der Waals surface area contributed by atoms with E-state index in [0.29, 0.717) is 9.13 Å². The predicted octanol–water partition coefficient (Wildman–Crippen LogP) is -12.6. The molecule has 0 radical (unpaired) electrons. The Labute approximate surface area is 517 Å². The first kappa shape index (κ1) is 71.3. The van der Waals surface area contributed by atoms with Gasteiger partial charge in [0.15, 0.2) is 44.0 Å². The summed E-state index contributed by atoms with van der Waals surface area (Å²) in [5.74, 6) is -0.671. The molecule has 0 saturated carbocycles. The normalized spacial score (nSPS) is 49.4. The molecule has 20 N–H and O–H groups in total. The number of aliphatic hydroxyl groups is 20. The molecule has 15 heterocycles. The van der Waals surface area contributed by atoms with E-state index in [1.165, 1.54) is 25.3 Å². The summed E-state index contributed by atoms with van der Waals surface area (Å²) in [4.78, 5) is 12.4. The standard InChI is InChI=1S/C51H77IO37/c1-74-44(73)14-3-2-13(4-15(14)52)12-75-43-35(72)42-22(11-59)82-51(43)89-41-21(10-58)81-49(34(71)28(41)65)87-39-19(8-56)79-47(32(69)26(39)63)85-37-17(6-54)77-45(30(67)24(37)61)83-36-16(5-53)76-46(29(66)23(36)60)84-38-18(7-55)78-48(31(68)25(38)62)86-40-20(9-57)80-50(88-42)33(70)27(40)64/h2-4,16-43,45-51,53-72H,5-12H2,1H3/t16-,17-,18-,19-,20-,21-,22-,23+,24-,25+,26-,27+,28-,29+,30-,31+,32-,33+,34-,35+,36-,37-,38-,39-,40-,41-,42-,43-,45-,46-,47-,48-,49-,50-,51-/m1/s1. The maximum Gasteiger partial charge on any atom is 0.338 e. The van der Waals surface area contributed by atoms with Crippen molar-refractivity contribution in [2.24, 2.45) is 0 Å². The van der Waals surface area contributed by atoms with Crippen LogP contribution < -0.4 is 0 Å². The maximum absolute atomic E-state index is 12.4. The second-order valence-electron chi connectivity index (χ2n) is 22.2. The van der Waals surface area contributed by atoms with Crippen LogP contribution in [-0.4, -0.2) is 376 Å². The number of benzene rings is 1. The molecule has 1 aromatic carbocycles. The second-order valence-corrected chi connectivity index (χ2v) is 23.4. The lowest BCUT2D eigenvalue weighted by molar-refractivity contribution is -0.398. The highest BCUT2D eigenvalue weighted by molar-refractivity contribution is 14.1. The van der Waals surface area contributed by atoms with Crippen molar-refractivity contribution in [3.05, 3.63) is 32.9 Å². The zero-order chi connectivity index (χ0) is 64.6. The third kappa shape index (κ3) is 14.6. The van der Waals surface area contributed by atoms with Gasteiger partial charge in [-0.3, -0.25) is 0 Å². The van der Waals surface area contributed by atoms with Crippen LogP contribution in [0, 0.1) is 3.57 Å². The van der Waals surface area contributed by atoms with E-state index >= 15 is 0 Å². The molecule has 0 aliphatic carbocycles. The van der Waals surface area contributed by atoms with Gasteiger partial charge in [-0.2, -0.15) is 0 Å². The number of carbonyl (C=O) groups is 1. The molecular formula is C51H77IO37. The number of halogens is 1. The van der Waals surface area contributed by atoms with Crippen molar-refractivity contribution in [3.63, 3.8) is 0 Å². The molecule has 0 aromatic heterocycles. The van der Waals surface area contributed by atoms with Crippen LogP contribution in [0.2, 0.25) is 0 Å². The Morgan fingerprint density at radius 1 is 0.360 bits per heavy atom. The van der Waals surface area contributed by atoms with Gasteiger partial charge in [-0.1, -0.05) is 6.07 Å². The smallest absolute Gasteiger partial charge is 0.338 e. The third-order valence-electron chi connectivity index (χ3n) is 16.6. The summed E-state index contributed by atoms with van der Waals surface area (Å²) in [5.41, 5.74) is 0.524. The third-order valence-corrected chi connectivity index (χ3v) is 17.5. The average molecular weight is 1410 g/mol. The Kier molecular flexibility index (Phi) is 24.7. The van der Waals surface area contributed by atoms with Crippen molar-refractivity contribution >= 4 is 28.6 Å². The minimum Gasteiger partial charge on any atom is -0.465 e. The lowest BCUT2D eigenvalue weighted by Gasteiger charge is -2.50. The Morgan fingerprint density at radius 2 is 0.596 bits per heavy atom.